The van der Waals surface area contributed by atoms with Crippen molar-refractivity contribution in [2.75, 3.05) is 13.1 Å². The molecule has 0 spiro atoms. The van der Waals surface area contributed by atoms with E-state index in [1.807, 2.05) is 30.3 Å². The van der Waals surface area contributed by atoms with E-state index >= 15 is 0 Å². The van der Waals surface area contributed by atoms with Crippen molar-refractivity contribution in [3.05, 3.63) is 53.6 Å². The molecule has 0 saturated heterocycles. The number of aromatic nitrogens is 2. The number of hydrogen-bond donors (Lipinski definition) is 5. The molecule has 3 aromatic rings. The third-order valence-corrected chi connectivity index (χ3v) is 4.67. The Morgan fingerprint density at radius 2 is 1.73 bits per heavy atom. The number of hydrogen-bond acceptors (Lipinski definition) is 6. The molecule has 2 aromatic carbocycles. The summed E-state index contributed by atoms with van der Waals surface area (Å²) in [7, 11) is 0. The van der Waals surface area contributed by atoms with Gasteiger partial charge in [-0.25, -0.2) is 4.98 Å². The van der Waals surface area contributed by atoms with E-state index in [0.717, 1.165) is 35.8 Å². The molecular weight excluding hydrogens is 426 g/mol. The second kappa shape index (κ2) is 12.3. The Balaban J connectivity index is 0.000000890. The largest absolute Gasteiger partial charge is 0.481 e. The molecule has 1 aromatic heterocycles. The van der Waals surface area contributed by atoms with Gasteiger partial charge in [0.25, 0.3) is 11.9 Å². The van der Waals surface area contributed by atoms with Crippen LogP contribution in [-0.2, 0) is 22.7 Å². The van der Waals surface area contributed by atoms with Crippen LogP contribution in [0.2, 0.25) is 0 Å². The maximum Gasteiger partial charge on any atom is 0.305 e. The molecule has 7 N–H and O–H groups in total. The average molecular weight is 456 g/mol. The van der Waals surface area contributed by atoms with Gasteiger partial charge in [0.1, 0.15) is 5.82 Å². The van der Waals surface area contributed by atoms with Crippen LogP contribution in [-0.4, -0.2) is 50.7 Å². The highest BCUT2D eigenvalue weighted by Crippen LogP contribution is 2.26. The molecule has 0 bridgehead atoms. The number of fused-ring (bicyclic) bond motifs is 1. The Kier molecular flexibility index (Phi) is 9.52. The van der Waals surface area contributed by atoms with Crippen LogP contribution in [0.3, 0.4) is 0 Å². The zero-order valence-corrected chi connectivity index (χ0v) is 18.5. The van der Waals surface area contributed by atoms with Gasteiger partial charge in [-0.2, -0.15) is 0 Å². The summed E-state index contributed by atoms with van der Waals surface area (Å²) in [6, 6.07) is 13.2. The molecular formula is C23H29N5O5. The smallest absolute Gasteiger partial charge is 0.305 e. The van der Waals surface area contributed by atoms with Crippen molar-refractivity contribution < 1.29 is 24.6 Å². The topological polar surface area (TPSA) is 174 Å². The minimum atomic E-state index is -0.954. The third kappa shape index (κ3) is 7.41. The molecule has 1 amide bonds. The predicted octanol–water partition coefficient (Wildman–Crippen LogP) is 1.81. The van der Waals surface area contributed by atoms with Gasteiger partial charge in [0.05, 0.1) is 17.5 Å². The lowest BCUT2D eigenvalue weighted by atomic mass is 10.1. The minimum Gasteiger partial charge on any atom is -0.481 e. The summed E-state index contributed by atoms with van der Waals surface area (Å²) in [5.41, 5.74) is 15.4. The number of carboxylic acid groups (broad SMARTS) is 2. The average Bonchev–Trinajstić information content (AvgIpc) is 3.14. The molecule has 0 aliphatic carbocycles. The summed E-state index contributed by atoms with van der Waals surface area (Å²) in [5, 5.41) is 18.7. The fourth-order valence-electron chi connectivity index (χ4n) is 3.14. The van der Waals surface area contributed by atoms with E-state index in [9.17, 15) is 9.59 Å². The second-order valence-corrected chi connectivity index (χ2v) is 7.25. The van der Waals surface area contributed by atoms with Gasteiger partial charge in [-0.1, -0.05) is 24.3 Å². The van der Waals surface area contributed by atoms with Crippen LogP contribution in [0, 0.1) is 0 Å². The summed E-state index contributed by atoms with van der Waals surface area (Å²) in [4.78, 5) is 36.7. The van der Waals surface area contributed by atoms with Crippen molar-refractivity contribution in [2.24, 2.45) is 11.5 Å². The van der Waals surface area contributed by atoms with Gasteiger partial charge in [0.15, 0.2) is 0 Å². The molecule has 0 unspecified atom stereocenters. The molecule has 3 rings (SSSR count). The van der Waals surface area contributed by atoms with E-state index in [1.165, 1.54) is 0 Å². The Labute approximate surface area is 191 Å². The van der Waals surface area contributed by atoms with Crippen LogP contribution in [0.15, 0.2) is 42.5 Å². The number of carbonyl (C=O) groups excluding carboxylic acids is 1. The number of imidazole rings is 1. The molecule has 0 fully saturated rings. The highest BCUT2D eigenvalue weighted by molar-refractivity contribution is 5.98. The lowest BCUT2D eigenvalue weighted by Gasteiger charge is -2.09. The molecule has 1 heterocycles. The second-order valence-electron chi connectivity index (χ2n) is 7.25. The summed E-state index contributed by atoms with van der Waals surface area (Å²) in [5.74, 6) is -1.30. The number of nitrogens with zero attached hydrogens (tertiary/aromatic N) is 2. The van der Waals surface area contributed by atoms with Gasteiger partial charge in [0.2, 0.25) is 0 Å². The van der Waals surface area contributed by atoms with Gasteiger partial charge >= 0.3 is 5.97 Å². The zero-order chi connectivity index (χ0) is 24.4. The first kappa shape index (κ1) is 25.5. The number of nitrogens with one attached hydrogen (secondary N) is 1. The Morgan fingerprint density at radius 3 is 2.30 bits per heavy atom. The maximum atomic E-state index is 12.3. The zero-order valence-electron chi connectivity index (χ0n) is 18.5. The summed E-state index contributed by atoms with van der Waals surface area (Å²) < 4.78 is 2.10. The summed E-state index contributed by atoms with van der Waals surface area (Å²) >= 11 is 0. The fraction of sp³-hybridized carbons (Fsp3) is 0.304. The molecule has 0 aliphatic rings. The van der Waals surface area contributed by atoms with E-state index in [2.05, 4.69) is 9.88 Å². The molecule has 33 heavy (non-hydrogen) atoms. The van der Waals surface area contributed by atoms with Gasteiger partial charge in [0, 0.05) is 37.7 Å². The number of benzene rings is 2. The van der Waals surface area contributed by atoms with Crippen LogP contribution in [0.25, 0.3) is 22.4 Å². The number of aliphatic carboxylic acids is 2. The van der Waals surface area contributed by atoms with E-state index < -0.39 is 11.9 Å². The quantitative estimate of drug-likeness (QED) is 0.325. The van der Waals surface area contributed by atoms with Gasteiger partial charge in [-0.3, -0.25) is 14.4 Å². The number of nitrogens with two attached hydrogens (primary N) is 2. The molecule has 0 atom stereocenters. The highest BCUT2D eigenvalue weighted by atomic mass is 16.4. The predicted molar refractivity (Wildman–Crippen MR) is 125 cm³/mol. The van der Waals surface area contributed by atoms with Crippen molar-refractivity contribution in [3.8, 4) is 11.4 Å². The highest BCUT2D eigenvalue weighted by Gasteiger charge is 2.15. The van der Waals surface area contributed by atoms with E-state index in [4.69, 9.17) is 31.5 Å². The monoisotopic (exact) mass is 455 g/mol. The standard InChI is InChI=1S/C21H25N5O3.C2H4O2/c22-9-1-11-26-18-7-6-16(21(29)24-10-8-19(27)28)12-17(18)25-20(26)15-4-2-14(13-23)3-5-15;1-2(3)4/h2-7,12H,1,8-11,13,22-23H2,(H,24,29)(H,27,28);1H3,(H,3,4). The first-order valence-corrected chi connectivity index (χ1v) is 10.5. The van der Waals surface area contributed by atoms with Gasteiger partial charge in [-0.05, 0) is 36.7 Å². The van der Waals surface area contributed by atoms with Gasteiger partial charge in [-0.15, -0.1) is 0 Å². The van der Waals surface area contributed by atoms with Crippen molar-refractivity contribution in [1.82, 2.24) is 14.9 Å². The summed E-state index contributed by atoms with van der Waals surface area (Å²) in [6.07, 6.45) is 0.682. The first-order valence-electron chi connectivity index (χ1n) is 10.5. The van der Waals surface area contributed by atoms with Crippen LogP contribution in [0.4, 0.5) is 0 Å². The van der Waals surface area contributed by atoms with Crippen LogP contribution < -0.4 is 16.8 Å². The SMILES string of the molecule is CC(=O)O.NCCCn1c(-c2ccc(CN)cc2)nc2cc(C(=O)NCCC(=O)O)ccc21. The fourth-order valence-corrected chi connectivity index (χ4v) is 3.14. The Bertz CT molecular complexity index is 1100. The number of amides is 1. The van der Waals surface area contributed by atoms with Crippen molar-refractivity contribution in [3.63, 3.8) is 0 Å². The van der Waals surface area contributed by atoms with Crippen LogP contribution >= 0.6 is 0 Å². The molecule has 10 heteroatoms. The lowest BCUT2D eigenvalue weighted by molar-refractivity contribution is -0.137. The van der Waals surface area contributed by atoms with Gasteiger partial charge < -0.3 is 31.6 Å². The number of carbonyl (C=O) groups is 3. The molecule has 176 valence electrons. The first-order chi connectivity index (χ1) is 15.8. The normalized spacial score (nSPS) is 10.4. The van der Waals surface area contributed by atoms with Crippen LogP contribution in [0.1, 0.15) is 35.7 Å². The third-order valence-electron chi connectivity index (χ3n) is 4.67. The molecule has 0 radical (unpaired) electrons. The van der Waals surface area contributed by atoms with Crippen LogP contribution in [0.5, 0.6) is 0 Å². The van der Waals surface area contributed by atoms with Crippen molar-refractivity contribution in [1.29, 1.82) is 0 Å². The summed E-state index contributed by atoms with van der Waals surface area (Å²) in [6.45, 7) is 2.92. The Hall–Kier alpha value is -3.76. The number of carboxylic acids is 2. The molecule has 10 nitrogen and oxygen atoms in total. The number of aryl methyl sites for hydroxylation is 1. The molecule has 0 saturated carbocycles. The maximum absolute atomic E-state index is 12.3. The van der Waals surface area contributed by atoms with E-state index in [-0.39, 0.29) is 18.9 Å². The minimum absolute atomic E-state index is 0.0793. The van der Waals surface area contributed by atoms with E-state index in [0.29, 0.717) is 30.7 Å². The Morgan fingerprint density at radius 1 is 1.06 bits per heavy atom. The molecule has 0 aliphatic heterocycles. The van der Waals surface area contributed by atoms with Crippen molar-refractivity contribution >= 4 is 28.9 Å². The lowest BCUT2D eigenvalue weighted by Crippen LogP contribution is -2.25. The van der Waals surface area contributed by atoms with E-state index in [1.54, 1.807) is 12.1 Å². The number of rotatable bonds is 9. The van der Waals surface area contributed by atoms with Crippen molar-refractivity contribution in [2.45, 2.75) is 32.9 Å².